The summed E-state index contributed by atoms with van der Waals surface area (Å²) in [5.74, 6) is -0.0246. The molecule has 3 nitrogen and oxygen atoms in total. The van der Waals surface area contributed by atoms with Crippen LogP contribution in [-0.4, -0.2) is 19.1 Å². The summed E-state index contributed by atoms with van der Waals surface area (Å²) in [6, 6.07) is 10.0. The van der Waals surface area contributed by atoms with Gasteiger partial charge in [-0.1, -0.05) is 30.3 Å². The third-order valence-corrected chi connectivity index (χ3v) is 2.32. The summed E-state index contributed by atoms with van der Waals surface area (Å²) in [4.78, 5) is 11.0. The molecule has 1 aromatic rings. The first-order valence-electron chi connectivity index (χ1n) is 4.79. The van der Waals surface area contributed by atoms with Crippen molar-refractivity contribution in [3.63, 3.8) is 0 Å². The van der Waals surface area contributed by atoms with Crippen LogP contribution in [0, 0.1) is 0 Å². The van der Waals surface area contributed by atoms with Gasteiger partial charge in [0, 0.05) is 6.54 Å². The Morgan fingerprint density at radius 3 is 2.86 bits per heavy atom. The molecule has 1 N–H and O–H groups in total. The summed E-state index contributed by atoms with van der Waals surface area (Å²) in [5, 5.41) is 2.78. The van der Waals surface area contributed by atoms with Gasteiger partial charge in [-0.15, -0.1) is 0 Å². The standard InChI is InChI=1S/C11H13NO2/c13-11-8-14-10(6-7-12-11)9-4-2-1-3-5-9/h1-5,10H,6-8H2,(H,12,13). The lowest BCUT2D eigenvalue weighted by atomic mass is 10.1. The summed E-state index contributed by atoms with van der Waals surface area (Å²) in [7, 11) is 0. The lowest BCUT2D eigenvalue weighted by Gasteiger charge is -2.13. The van der Waals surface area contributed by atoms with Crippen LogP contribution in [0.3, 0.4) is 0 Å². The van der Waals surface area contributed by atoms with Crippen molar-refractivity contribution in [2.75, 3.05) is 13.2 Å². The van der Waals surface area contributed by atoms with Crippen molar-refractivity contribution in [1.29, 1.82) is 0 Å². The van der Waals surface area contributed by atoms with Crippen LogP contribution in [0.15, 0.2) is 30.3 Å². The number of hydrogen-bond acceptors (Lipinski definition) is 2. The fourth-order valence-electron chi connectivity index (χ4n) is 1.58. The van der Waals surface area contributed by atoms with Crippen molar-refractivity contribution in [2.24, 2.45) is 0 Å². The maximum absolute atomic E-state index is 11.0. The van der Waals surface area contributed by atoms with E-state index in [1.807, 2.05) is 30.3 Å². The van der Waals surface area contributed by atoms with Crippen molar-refractivity contribution in [1.82, 2.24) is 5.32 Å². The number of nitrogens with one attached hydrogen (secondary N) is 1. The predicted octanol–water partition coefficient (Wildman–Crippen LogP) is 1.26. The lowest BCUT2D eigenvalue weighted by molar-refractivity contribution is -0.125. The van der Waals surface area contributed by atoms with Crippen molar-refractivity contribution in [3.8, 4) is 0 Å². The molecular weight excluding hydrogens is 178 g/mol. The highest BCUT2D eigenvalue weighted by molar-refractivity contribution is 5.77. The molecule has 0 radical (unpaired) electrons. The molecule has 1 heterocycles. The molecule has 0 aliphatic carbocycles. The molecular formula is C11H13NO2. The number of amides is 1. The van der Waals surface area contributed by atoms with Gasteiger partial charge >= 0.3 is 0 Å². The van der Waals surface area contributed by atoms with E-state index >= 15 is 0 Å². The first-order chi connectivity index (χ1) is 6.86. The molecule has 2 rings (SSSR count). The van der Waals surface area contributed by atoms with E-state index < -0.39 is 0 Å². The van der Waals surface area contributed by atoms with Crippen molar-refractivity contribution >= 4 is 5.91 Å². The average Bonchev–Trinajstić information content (AvgIpc) is 2.44. The molecule has 1 saturated heterocycles. The van der Waals surface area contributed by atoms with Crippen LogP contribution in [-0.2, 0) is 9.53 Å². The first kappa shape index (κ1) is 9.21. The van der Waals surface area contributed by atoms with Crippen LogP contribution < -0.4 is 5.32 Å². The van der Waals surface area contributed by atoms with Crippen LogP contribution in [0.4, 0.5) is 0 Å². The molecule has 1 aliphatic heterocycles. The van der Waals surface area contributed by atoms with Gasteiger partial charge in [0.25, 0.3) is 0 Å². The summed E-state index contributed by atoms with van der Waals surface area (Å²) >= 11 is 0. The molecule has 0 spiro atoms. The number of rotatable bonds is 1. The Morgan fingerprint density at radius 2 is 2.07 bits per heavy atom. The quantitative estimate of drug-likeness (QED) is 0.725. The third kappa shape index (κ3) is 2.12. The highest BCUT2D eigenvalue weighted by atomic mass is 16.5. The monoisotopic (exact) mass is 191 g/mol. The Morgan fingerprint density at radius 1 is 1.29 bits per heavy atom. The average molecular weight is 191 g/mol. The predicted molar refractivity (Wildman–Crippen MR) is 52.8 cm³/mol. The normalized spacial score (nSPS) is 22.6. The minimum atomic E-state index is -0.0246. The number of hydrogen-bond donors (Lipinski definition) is 1. The number of ether oxygens (including phenoxy) is 1. The van der Waals surface area contributed by atoms with E-state index in [9.17, 15) is 4.79 Å². The van der Waals surface area contributed by atoms with Gasteiger partial charge in [0.15, 0.2) is 0 Å². The Labute approximate surface area is 83.1 Å². The van der Waals surface area contributed by atoms with Crippen LogP contribution in [0.2, 0.25) is 0 Å². The zero-order valence-corrected chi connectivity index (χ0v) is 7.90. The zero-order valence-electron chi connectivity index (χ0n) is 7.90. The Hall–Kier alpha value is -1.35. The maximum atomic E-state index is 11.0. The van der Waals surface area contributed by atoms with Crippen molar-refractivity contribution in [3.05, 3.63) is 35.9 Å². The molecule has 1 aliphatic rings. The molecule has 74 valence electrons. The van der Waals surface area contributed by atoms with Gasteiger partial charge in [-0.2, -0.15) is 0 Å². The fraction of sp³-hybridized carbons (Fsp3) is 0.364. The minimum Gasteiger partial charge on any atom is -0.364 e. The fourth-order valence-corrected chi connectivity index (χ4v) is 1.58. The SMILES string of the molecule is O=C1COC(c2ccccc2)CCN1. The van der Waals surface area contributed by atoms with Crippen LogP contribution in [0.25, 0.3) is 0 Å². The third-order valence-electron chi connectivity index (χ3n) is 2.32. The van der Waals surface area contributed by atoms with E-state index in [0.29, 0.717) is 6.54 Å². The highest BCUT2D eigenvalue weighted by Crippen LogP contribution is 2.21. The molecule has 0 saturated carbocycles. The zero-order chi connectivity index (χ0) is 9.80. The van der Waals surface area contributed by atoms with Crippen molar-refractivity contribution < 1.29 is 9.53 Å². The topological polar surface area (TPSA) is 38.3 Å². The lowest BCUT2D eigenvalue weighted by Crippen LogP contribution is -2.24. The summed E-state index contributed by atoms with van der Waals surface area (Å²) < 4.78 is 5.49. The molecule has 0 aromatic heterocycles. The van der Waals surface area contributed by atoms with Crippen LogP contribution in [0.1, 0.15) is 18.1 Å². The molecule has 1 amide bonds. The van der Waals surface area contributed by atoms with E-state index in [1.54, 1.807) is 0 Å². The van der Waals surface area contributed by atoms with Gasteiger partial charge in [0.2, 0.25) is 5.91 Å². The van der Waals surface area contributed by atoms with Crippen molar-refractivity contribution in [2.45, 2.75) is 12.5 Å². The summed E-state index contributed by atoms with van der Waals surface area (Å²) in [6.07, 6.45) is 0.894. The van der Waals surface area contributed by atoms with E-state index in [0.717, 1.165) is 12.0 Å². The molecule has 1 unspecified atom stereocenters. The summed E-state index contributed by atoms with van der Waals surface area (Å²) in [6.45, 7) is 0.859. The maximum Gasteiger partial charge on any atom is 0.246 e. The van der Waals surface area contributed by atoms with E-state index in [-0.39, 0.29) is 18.6 Å². The van der Waals surface area contributed by atoms with Crippen LogP contribution >= 0.6 is 0 Å². The molecule has 14 heavy (non-hydrogen) atoms. The van der Waals surface area contributed by atoms with E-state index in [4.69, 9.17) is 4.74 Å². The van der Waals surface area contributed by atoms with Gasteiger partial charge in [0.1, 0.15) is 6.61 Å². The first-order valence-corrected chi connectivity index (χ1v) is 4.79. The molecule has 1 atom stereocenters. The van der Waals surface area contributed by atoms with Gasteiger partial charge in [-0.3, -0.25) is 4.79 Å². The van der Waals surface area contributed by atoms with Gasteiger partial charge in [0.05, 0.1) is 6.10 Å². The highest BCUT2D eigenvalue weighted by Gasteiger charge is 2.17. The molecule has 1 aromatic carbocycles. The Bertz CT molecular complexity index is 310. The molecule has 3 heteroatoms. The second-order valence-electron chi connectivity index (χ2n) is 3.35. The number of benzene rings is 1. The molecule has 1 fully saturated rings. The number of carbonyl (C=O) groups is 1. The van der Waals surface area contributed by atoms with Gasteiger partial charge in [-0.05, 0) is 12.0 Å². The second-order valence-corrected chi connectivity index (χ2v) is 3.35. The largest absolute Gasteiger partial charge is 0.364 e. The van der Waals surface area contributed by atoms with Crippen LogP contribution in [0.5, 0.6) is 0 Å². The Kier molecular flexibility index (Phi) is 2.79. The second kappa shape index (κ2) is 4.24. The smallest absolute Gasteiger partial charge is 0.246 e. The number of carbonyl (C=O) groups excluding carboxylic acids is 1. The minimum absolute atomic E-state index is 0.0246. The summed E-state index contributed by atoms with van der Waals surface area (Å²) in [5.41, 5.74) is 1.14. The van der Waals surface area contributed by atoms with Gasteiger partial charge < -0.3 is 10.1 Å². The van der Waals surface area contributed by atoms with E-state index in [1.165, 1.54) is 0 Å². The van der Waals surface area contributed by atoms with E-state index in [2.05, 4.69) is 5.32 Å². The molecule has 0 bridgehead atoms. The Balaban J connectivity index is 2.08. The van der Waals surface area contributed by atoms with Gasteiger partial charge in [-0.25, -0.2) is 0 Å².